The van der Waals surface area contributed by atoms with Gasteiger partial charge in [-0.05, 0) is 48.9 Å². The Morgan fingerprint density at radius 1 is 0.857 bits per heavy atom. The average molecular weight is 481 g/mol. The fraction of sp³-hybridized carbons (Fsp3) is 0.167. The number of hydrogen-bond donors (Lipinski definition) is 0. The number of nitrogens with zero attached hydrogens (tertiary/aromatic N) is 3. The number of aryl methyl sites for hydroxylation is 2. The van der Waals surface area contributed by atoms with Crippen LogP contribution >= 0.6 is 0 Å². The second kappa shape index (κ2) is 8.27. The maximum atomic E-state index is 4.65. The van der Waals surface area contributed by atoms with Gasteiger partial charge in [-0.3, -0.25) is 4.98 Å². The summed E-state index contributed by atoms with van der Waals surface area (Å²) in [6.45, 7) is 2.03. The van der Waals surface area contributed by atoms with Gasteiger partial charge in [-0.1, -0.05) is 18.2 Å². The minimum absolute atomic E-state index is 0. The zero-order chi connectivity index (χ0) is 19.0. The molecular weight excluding hydrogens is 457 g/mol. The third kappa shape index (κ3) is 4.02. The van der Waals surface area contributed by atoms with Crippen LogP contribution in [0.4, 0.5) is 5.69 Å². The summed E-state index contributed by atoms with van der Waals surface area (Å²) in [6, 6.07) is 21.5. The monoisotopic (exact) mass is 481 g/mol. The molecule has 3 nitrogen and oxygen atoms in total. The quantitative estimate of drug-likeness (QED) is 0.253. The van der Waals surface area contributed by atoms with Gasteiger partial charge in [0.2, 0.25) is 11.2 Å². The van der Waals surface area contributed by atoms with Crippen molar-refractivity contribution in [3.63, 3.8) is 0 Å². The summed E-state index contributed by atoms with van der Waals surface area (Å²) in [6.07, 6.45) is 4.33. The molecule has 0 spiro atoms. The molecule has 0 N–H and O–H groups in total. The summed E-state index contributed by atoms with van der Waals surface area (Å²) in [4.78, 5) is 6.76. The van der Waals surface area contributed by atoms with Crippen molar-refractivity contribution in [2.45, 2.75) is 6.92 Å². The maximum Gasteiger partial charge on any atom is 0.213 e. The lowest BCUT2D eigenvalue weighted by atomic mass is 10.1. The molecule has 28 heavy (non-hydrogen) atoms. The fourth-order valence-electron chi connectivity index (χ4n) is 3.36. The van der Waals surface area contributed by atoms with Gasteiger partial charge in [0.05, 0.1) is 5.52 Å². The topological polar surface area (TPSA) is 20.0 Å². The predicted octanol–water partition coefficient (Wildman–Crippen LogP) is 1.76. The van der Waals surface area contributed by atoms with Crippen LogP contribution in [0, 0.1) is 6.92 Å². The SMILES string of the molecule is Cc1ccc2cc3c(ccc(/C=C/c4ccc(N(C)C)cc4)[n+]3C)cc2n1.[I-]. The molecule has 2 aromatic heterocycles. The van der Waals surface area contributed by atoms with Crippen molar-refractivity contribution < 1.29 is 28.5 Å². The van der Waals surface area contributed by atoms with Gasteiger partial charge in [0.15, 0.2) is 0 Å². The molecule has 0 fully saturated rings. The summed E-state index contributed by atoms with van der Waals surface area (Å²) in [5, 5.41) is 2.37. The Morgan fingerprint density at radius 2 is 1.57 bits per heavy atom. The Kier molecular flexibility index (Phi) is 5.98. The van der Waals surface area contributed by atoms with Gasteiger partial charge < -0.3 is 28.9 Å². The fourth-order valence-corrected chi connectivity index (χ4v) is 3.36. The normalized spacial score (nSPS) is 11.1. The number of pyridine rings is 2. The van der Waals surface area contributed by atoms with E-state index in [1.54, 1.807) is 0 Å². The number of hydrogen-bond acceptors (Lipinski definition) is 2. The number of fused-ring (bicyclic) bond motifs is 2. The van der Waals surface area contributed by atoms with Crippen LogP contribution in [0.5, 0.6) is 0 Å². The number of aromatic nitrogens is 2. The lowest BCUT2D eigenvalue weighted by Gasteiger charge is -2.11. The average Bonchev–Trinajstić information content (AvgIpc) is 2.66. The maximum absolute atomic E-state index is 4.65. The van der Waals surface area contributed by atoms with Gasteiger partial charge in [0.1, 0.15) is 7.05 Å². The second-order valence-electron chi connectivity index (χ2n) is 7.19. The molecule has 0 radical (unpaired) electrons. The molecule has 0 aliphatic carbocycles. The van der Waals surface area contributed by atoms with E-state index in [1.165, 1.54) is 33.2 Å². The Hall–Kier alpha value is -2.47. The van der Waals surface area contributed by atoms with Gasteiger partial charge in [-0.15, -0.1) is 0 Å². The van der Waals surface area contributed by atoms with Gasteiger partial charge in [0, 0.05) is 54.5 Å². The Balaban J connectivity index is 0.00000225. The van der Waals surface area contributed by atoms with E-state index in [1.807, 2.05) is 6.92 Å². The smallest absolute Gasteiger partial charge is 0.213 e. The molecule has 0 bridgehead atoms. The van der Waals surface area contributed by atoms with E-state index in [0.717, 1.165) is 11.2 Å². The zero-order valence-corrected chi connectivity index (χ0v) is 18.8. The molecule has 2 heterocycles. The predicted molar refractivity (Wildman–Crippen MR) is 115 cm³/mol. The first kappa shape index (κ1) is 20.3. The third-order valence-corrected chi connectivity index (χ3v) is 5.02. The van der Waals surface area contributed by atoms with Crippen LogP contribution in [-0.2, 0) is 7.05 Å². The lowest BCUT2D eigenvalue weighted by Crippen LogP contribution is -3.00. The standard InChI is InChI=1S/C24H24N3.HI/c1-17-5-9-19-16-24-20(15-23(19)25-17)10-14-22(27(24)4)13-8-18-6-11-21(12-7-18)26(2)3;/h5-16H,1-4H3;1H/q+1;/p-1. The second-order valence-corrected chi connectivity index (χ2v) is 7.19. The third-order valence-electron chi connectivity index (χ3n) is 5.02. The van der Waals surface area contributed by atoms with E-state index in [4.69, 9.17) is 0 Å². The van der Waals surface area contributed by atoms with Crippen LogP contribution in [0.25, 0.3) is 34.0 Å². The van der Waals surface area contributed by atoms with Crippen LogP contribution in [0.3, 0.4) is 0 Å². The van der Waals surface area contributed by atoms with Crippen LogP contribution < -0.4 is 33.4 Å². The molecule has 4 aromatic rings. The number of anilines is 1. The first-order valence-corrected chi connectivity index (χ1v) is 9.17. The molecule has 2 aromatic carbocycles. The minimum Gasteiger partial charge on any atom is -1.00 e. The Labute approximate surface area is 183 Å². The van der Waals surface area contributed by atoms with Crippen molar-refractivity contribution in [1.82, 2.24) is 4.98 Å². The summed E-state index contributed by atoms with van der Waals surface area (Å²) >= 11 is 0. The van der Waals surface area contributed by atoms with Crippen molar-refractivity contribution in [2.75, 3.05) is 19.0 Å². The molecule has 0 aliphatic heterocycles. The van der Waals surface area contributed by atoms with Crippen molar-refractivity contribution in [1.29, 1.82) is 0 Å². The van der Waals surface area contributed by atoms with E-state index < -0.39 is 0 Å². The van der Waals surface area contributed by atoms with Gasteiger partial charge in [0.25, 0.3) is 0 Å². The molecule has 0 saturated carbocycles. The van der Waals surface area contributed by atoms with Crippen LogP contribution in [0.15, 0.2) is 60.7 Å². The molecule has 0 aliphatic rings. The van der Waals surface area contributed by atoms with Gasteiger partial charge >= 0.3 is 0 Å². The summed E-state index contributed by atoms with van der Waals surface area (Å²) in [5.41, 5.74) is 6.87. The lowest BCUT2D eigenvalue weighted by molar-refractivity contribution is -0.646. The zero-order valence-electron chi connectivity index (χ0n) is 16.6. The summed E-state index contributed by atoms with van der Waals surface area (Å²) < 4.78 is 2.24. The van der Waals surface area contributed by atoms with Gasteiger partial charge in [-0.2, -0.15) is 4.57 Å². The highest BCUT2D eigenvalue weighted by molar-refractivity contribution is 5.93. The molecular formula is C24H24IN3. The molecule has 4 heteroatoms. The molecule has 0 saturated heterocycles. The first-order valence-electron chi connectivity index (χ1n) is 9.17. The van der Waals surface area contributed by atoms with Crippen molar-refractivity contribution >= 4 is 39.6 Å². The van der Waals surface area contributed by atoms with E-state index in [0.29, 0.717) is 0 Å². The first-order chi connectivity index (χ1) is 13.0. The number of halogens is 1. The summed E-state index contributed by atoms with van der Waals surface area (Å²) in [5.74, 6) is 0. The van der Waals surface area contributed by atoms with Crippen molar-refractivity contribution in [2.24, 2.45) is 7.05 Å². The van der Waals surface area contributed by atoms with E-state index in [-0.39, 0.29) is 24.0 Å². The minimum atomic E-state index is 0. The van der Waals surface area contributed by atoms with Crippen molar-refractivity contribution in [3.8, 4) is 0 Å². The molecule has 0 unspecified atom stereocenters. The molecule has 4 rings (SSSR count). The van der Waals surface area contributed by atoms with E-state index in [9.17, 15) is 0 Å². The van der Waals surface area contributed by atoms with Crippen LogP contribution in [-0.4, -0.2) is 19.1 Å². The number of benzene rings is 2. The van der Waals surface area contributed by atoms with Crippen LogP contribution in [0.2, 0.25) is 0 Å². The van der Waals surface area contributed by atoms with E-state index in [2.05, 4.69) is 108 Å². The Morgan fingerprint density at radius 3 is 2.29 bits per heavy atom. The summed E-state index contributed by atoms with van der Waals surface area (Å²) in [7, 11) is 6.23. The molecule has 0 atom stereocenters. The highest BCUT2D eigenvalue weighted by Gasteiger charge is 2.11. The Bertz CT molecular complexity index is 1160. The molecule has 142 valence electrons. The van der Waals surface area contributed by atoms with Crippen molar-refractivity contribution in [3.05, 3.63) is 77.6 Å². The van der Waals surface area contributed by atoms with Crippen LogP contribution in [0.1, 0.15) is 17.0 Å². The molecule has 0 amide bonds. The largest absolute Gasteiger partial charge is 1.00 e. The number of rotatable bonds is 3. The van der Waals surface area contributed by atoms with Gasteiger partial charge in [-0.25, -0.2) is 0 Å². The van der Waals surface area contributed by atoms with E-state index >= 15 is 0 Å². The highest BCUT2D eigenvalue weighted by Crippen LogP contribution is 2.21. The highest BCUT2D eigenvalue weighted by atomic mass is 127.